The molecule has 2 aromatic carbocycles. The predicted octanol–water partition coefficient (Wildman–Crippen LogP) is 3.53. The highest BCUT2D eigenvalue weighted by Gasteiger charge is 2.15. The second kappa shape index (κ2) is 10.1. The van der Waals surface area contributed by atoms with Crippen molar-refractivity contribution < 1.29 is 28.3 Å². The second-order valence-corrected chi connectivity index (χ2v) is 6.89. The fraction of sp³-hybridized carbons (Fsp3) is 0.200. The number of nitrogens with one attached hydrogen (secondary N) is 1. The summed E-state index contributed by atoms with van der Waals surface area (Å²) >= 11 is 11.8. The summed E-state index contributed by atoms with van der Waals surface area (Å²) in [6, 6.07) is 9.55. The number of hydrogen-bond donors (Lipinski definition) is 1. The third kappa shape index (κ3) is 5.65. The Hall–Kier alpha value is -3.30. The van der Waals surface area contributed by atoms with E-state index in [1.54, 1.807) is 18.2 Å². The number of aromatic nitrogens is 2. The lowest BCUT2D eigenvalue weighted by atomic mass is 10.2. The summed E-state index contributed by atoms with van der Waals surface area (Å²) in [5, 5.41) is 6.84. The van der Waals surface area contributed by atoms with E-state index in [4.69, 9.17) is 41.9 Å². The molecule has 11 heteroatoms. The molecule has 0 bridgehead atoms. The molecule has 0 unspecified atom stereocenters. The SMILES string of the molecule is COc1ccc(-c2noc(COC(=O)CNC(=O)c3ccc(Cl)cc3Cl)n2)cc1OC. The Morgan fingerprint density at radius 2 is 1.84 bits per heavy atom. The van der Waals surface area contributed by atoms with Crippen molar-refractivity contribution in [2.75, 3.05) is 20.8 Å². The average molecular weight is 466 g/mol. The van der Waals surface area contributed by atoms with E-state index >= 15 is 0 Å². The molecule has 1 heterocycles. The molecular formula is C20H17Cl2N3O6. The number of esters is 1. The number of hydrogen-bond acceptors (Lipinski definition) is 8. The molecule has 0 fully saturated rings. The van der Waals surface area contributed by atoms with Gasteiger partial charge in [-0.3, -0.25) is 9.59 Å². The Balaban J connectivity index is 1.53. The third-order valence-corrected chi connectivity index (χ3v) is 4.58. The highest BCUT2D eigenvalue weighted by Crippen LogP contribution is 2.31. The molecule has 0 aliphatic rings. The summed E-state index contributed by atoms with van der Waals surface area (Å²) in [5.74, 6) is 0.222. The van der Waals surface area contributed by atoms with Gasteiger partial charge in [0.15, 0.2) is 18.1 Å². The number of benzene rings is 2. The van der Waals surface area contributed by atoms with Gasteiger partial charge in [0.1, 0.15) is 6.54 Å². The molecular weight excluding hydrogens is 449 g/mol. The molecule has 0 aliphatic carbocycles. The zero-order valence-corrected chi connectivity index (χ0v) is 18.0. The zero-order valence-electron chi connectivity index (χ0n) is 16.5. The standard InChI is InChI=1S/C20H17Cl2N3O6/c1-28-15-6-3-11(7-16(15)29-2)19-24-17(31-25-19)10-30-18(26)9-23-20(27)13-5-4-12(21)8-14(13)22/h3-8H,9-10H2,1-2H3,(H,23,27). The Kier molecular flexibility index (Phi) is 7.32. The number of ether oxygens (including phenoxy) is 3. The van der Waals surface area contributed by atoms with Crippen LogP contribution >= 0.6 is 23.2 Å². The number of rotatable bonds is 8. The largest absolute Gasteiger partial charge is 0.493 e. The quantitative estimate of drug-likeness (QED) is 0.502. The van der Waals surface area contributed by atoms with Crippen LogP contribution in [0.25, 0.3) is 11.4 Å². The van der Waals surface area contributed by atoms with Crippen molar-refractivity contribution in [1.82, 2.24) is 15.5 Å². The maximum Gasteiger partial charge on any atom is 0.325 e. The Morgan fingerprint density at radius 1 is 1.06 bits per heavy atom. The van der Waals surface area contributed by atoms with Crippen molar-refractivity contribution in [2.24, 2.45) is 0 Å². The van der Waals surface area contributed by atoms with Crippen molar-refractivity contribution in [3.05, 3.63) is 57.9 Å². The van der Waals surface area contributed by atoms with Crippen LogP contribution in [0.1, 0.15) is 16.2 Å². The van der Waals surface area contributed by atoms with Gasteiger partial charge in [-0.15, -0.1) is 0 Å². The monoisotopic (exact) mass is 465 g/mol. The predicted molar refractivity (Wildman–Crippen MR) is 111 cm³/mol. The first-order valence-corrected chi connectivity index (χ1v) is 9.60. The van der Waals surface area contributed by atoms with E-state index in [2.05, 4.69) is 15.5 Å². The summed E-state index contributed by atoms with van der Waals surface area (Å²) in [4.78, 5) is 28.2. The summed E-state index contributed by atoms with van der Waals surface area (Å²) in [6.07, 6.45) is 0. The van der Waals surface area contributed by atoms with Gasteiger partial charge < -0.3 is 24.1 Å². The van der Waals surface area contributed by atoms with E-state index in [0.29, 0.717) is 22.1 Å². The molecule has 31 heavy (non-hydrogen) atoms. The van der Waals surface area contributed by atoms with Gasteiger partial charge in [-0.25, -0.2) is 0 Å². The van der Waals surface area contributed by atoms with Gasteiger partial charge in [0.25, 0.3) is 11.8 Å². The number of carbonyl (C=O) groups is 2. The smallest absolute Gasteiger partial charge is 0.325 e. The Bertz CT molecular complexity index is 1100. The molecule has 0 aliphatic heterocycles. The van der Waals surface area contributed by atoms with Crippen LogP contribution in [0.15, 0.2) is 40.9 Å². The Morgan fingerprint density at radius 3 is 2.55 bits per heavy atom. The molecule has 0 spiro atoms. The molecule has 3 rings (SSSR count). The van der Waals surface area contributed by atoms with E-state index in [1.807, 2.05) is 0 Å². The summed E-state index contributed by atoms with van der Waals surface area (Å²) in [7, 11) is 3.05. The third-order valence-electron chi connectivity index (χ3n) is 4.04. The van der Waals surface area contributed by atoms with Crippen LogP contribution in [0, 0.1) is 0 Å². The van der Waals surface area contributed by atoms with Gasteiger partial charge in [-0.05, 0) is 36.4 Å². The molecule has 0 atom stereocenters. The van der Waals surface area contributed by atoms with Crippen LogP contribution in [0.3, 0.4) is 0 Å². The molecule has 162 valence electrons. The first kappa shape index (κ1) is 22.4. The minimum absolute atomic E-state index is 0.0882. The molecule has 1 N–H and O–H groups in total. The van der Waals surface area contributed by atoms with Gasteiger partial charge in [-0.1, -0.05) is 28.4 Å². The van der Waals surface area contributed by atoms with Gasteiger partial charge >= 0.3 is 5.97 Å². The second-order valence-electron chi connectivity index (χ2n) is 6.05. The first-order chi connectivity index (χ1) is 14.9. The molecule has 0 saturated heterocycles. The van der Waals surface area contributed by atoms with Crippen LogP contribution in [0.5, 0.6) is 11.5 Å². The lowest BCUT2D eigenvalue weighted by Gasteiger charge is -2.07. The highest BCUT2D eigenvalue weighted by atomic mass is 35.5. The minimum Gasteiger partial charge on any atom is -0.493 e. The van der Waals surface area contributed by atoms with Crippen LogP contribution in [0.4, 0.5) is 0 Å². The first-order valence-electron chi connectivity index (χ1n) is 8.85. The van der Waals surface area contributed by atoms with Crippen LogP contribution in [-0.2, 0) is 16.1 Å². The minimum atomic E-state index is -0.690. The van der Waals surface area contributed by atoms with E-state index in [-0.39, 0.29) is 35.5 Å². The normalized spacial score (nSPS) is 10.5. The number of nitrogens with zero attached hydrogens (tertiary/aromatic N) is 2. The molecule has 0 radical (unpaired) electrons. The zero-order chi connectivity index (χ0) is 22.4. The van der Waals surface area contributed by atoms with Crippen molar-refractivity contribution in [1.29, 1.82) is 0 Å². The van der Waals surface area contributed by atoms with Crippen molar-refractivity contribution >= 4 is 35.1 Å². The fourth-order valence-electron chi connectivity index (χ4n) is 2.52. The maximum atomic E-state index is 12.1. The topological polar surface area (TPSA) is 113 Å². The van der Waals surface area contributed by atoms with E-state index < -0.39 is 11.9 Å². The van der Waals surface area contributed by atoms with Gasteiger partial charge in [-0.2, -0.15) is 4.98 Å². The number of carbonyl (C=O) groups excluding carboxylic acids is 2. The van der Waals surface area contributed by atoms with Crippen molar-refractivity contribution in [3.63, 3.8) is 0 Å². The average Bonchev–Trinajstić information content (AvgIpc) is 3.24. The summed E-state index contributed by atoms with van der Waals surface area (Å²) in [6.45, 7) is -0.620. The van der Waals surface area contributed by atoms with Crippen molar-refractivity contribution in [3.8, 4) is 22.9 Å². The Labute approximate surface area is 187 Å². The number of methoxy groups -OCH3 is 2. The van der Waals surface area contributed by atoms with E-state index in [1.165, 1.54) is 32.4 Å². The van der Waals surface area contributed by atoms with Crippen LogP contribution in [0.2, 0.25) is 10.0 Å². The number of amides is 1. The number of halogens is 2. The van der Waals surface area contributed by atoms with Gasteiger partial charge in [0.2, 0.25) is 5.82 Å². The van der Waals surface area contributed by atoms with E-state index in [9.17, 15) is 9.59 Å². The van der Waals surface area contributed by atoms with Crippen LogP contribution in [-0.4, -0.2) is 42.8 Å². The molecule has 9 nitrogen and oxygen atoms in total. The van der Waals surface area contributed by atoms with Gasteiger partial charge in [0, 0.05) is 10.6 Å². The van der Waals surface area contributed by atoms with Crippen LogP contribution < -0.4 is 14.8 Å². The molecule has 0 saturated carbocycles. The molecule has 3 aromatic rings. The lowest BCUT2D eigenvalue weighted by Crippen LogP contribution is -2.30. The molecule has 1 amide bonds. The summed E-state index contributed by atoms with van der Waals surface area (Å²) in [5.41, 5.74) is 0.821. The van der Waals surface area contributed by atoms with Gasteiger partial charge in [0.05, 0.1) is 24.8 Å². The fourth-order valence-corrected chi connectivity index (χ4v) is 3.01. The summed E-state index contributed by atoms with van der Waals surface area (Å²) < 4.78 is 20.6. The maximum absolute atomic E-state index is 12.1. The lowest BCUT2D eigenvalue weighted by molar-refractivity contribution is -0.144. The highest BCUT2D eigenvalue weighted by molar-refractivity contribution is 6.36. The molecule has 1 aromatic heterocycles. The van der Waals surface area contributed by atoms with E-state index in [0.717, 1.165) is 0 Å². The van der Waals surface area contributed by atoms with Crippen molar-refractivity contribution in [2.45, 2.75) is 6.61 Å².